The molecule has 218 valence electrons. The number of hydrogen-bond donors (Lipinski definition) is 1. The van der Waals surface area contributed by atoms with E-state index < -0.39 is 28.5 Å². The molecular weight excluding hydrogens is 649 g/mol. The molecule has 3 aromatic carbocycles. The third-order valence-electron chi connectivity index (χ3n) is 7.14. The third-order valence-corrected chi connectivity index (χ3v) is 9.48. The van der Waals surface area contributed by atoms with Crippen molar-refractivity contribution >= 4 is 66.7 Å². The first-order valence-corrected chi connectivity index (χ1v) is 16.7. The first-order valence-electron chi connectivity index (χ1n) is 13.3. The monoisotopic (exact) mass is 679 g/mol. The Labute approximate surface area is 260 Å². The number of carbonyl (C=O) groups is 2. The first kappa shape index (κ1) is 31.3. The number of nitrogens with one attached hydrogen (secondary N) is 1. The molecule has 1 unspecified atom stereocenters. The van der Waals surface area contributed by atoms with Gasteiger partial charge in [-0.1, -0.05) is 94.4 Å². The number of anilines is 1. The Kier molecular flexibility index (Phi) is 10.7. The van der Waals surface area contributed by atoms with Gasteiger partial charge < -0.3 is 10.2 Å². The van der Waals surface area contributed by atoms with Crippen molar-refractivity contribution < 1.29 is 18.0 Å². The van der Waals surface area contributed by atoms with Gasteiger partial charge in [-0.05, 0) is 48.7 Å². The largest absolute Gasteiger partial charge is 0.352 e. The highest BCUT2D eigenvalue weighted by atomic mass is 79.9. The molecule has 1 atom stereocenters. The van der Waals surface area contributed by atoms with Crippen LogP contribution >= 0.6 is 39.1 Å². The molecule has 0 radical (unpaired) electrons. The van der Waals surface area contributed by atoms with Crippen molar-refractivity contribution in [3.8, 4) is 0 Å². The normalized spacial score (nSPS) is 14.4. The number of hydrogen-bond acceptors (Lipinski definition) is 4. The van der Waals surface area contributed by atoms with E-state index in [0.717, 1.165) is 41.8 Å². The van der Waals surface area contributed by atoms with Gasteiger partial charge in [-0.3, -0.25) is 13.9 Å². The first-order chi connectivity index (χ1) is 19.5. The van der Waals surface area contributed by atoms with E-state index in [9.17, 15) is 18.0 Å². The van der Waals surface area contributed by atoms with Crippen LogP contribution in [0.3, 0.4) is 0 Å². The maximum absolute atomic E-state index is 14.2. The lowest BCUT2D eigenvalue weighted by Gasteiger charge is -2.34. The van der Waals surface area contributed by atoms with Gasteiger partial charge in [0.25, 0.3) is 0 Å². The van der Waals surface area contributed by atoms with E-state index in [1.165, 1.54) is 4.90 Å². The summed E-state index contributed by atoms with van der Waals surface area (Å²) in [5, 5.41) is 3.82. The zero-order valence-electron chi connectivity index (χ0n) is 22.6. The average molecular weight is 681 g/mol. The summed E-state index contributed by atoms with van der Waals surface area (Å²) in [6, 6.07) is 20.2. The SMILES string of the molecule is CS(=O)(=O)N(CC(=O)N(Cc1c(Cl)cccc1Cl)C(Cc1ccccc1)C(=O)NC1CCCC1)c1cccc(Br)c1. The third kappa shape index (κ3) is 8.47. The van der Waals surface area contributed by atoms with Gasteiger partial charge in [0.05, 0.1) is 11.9 Å². The van der Waals surface area contributed by atoms with Gasteiger partial charge >= 0.3 is 0 Å². The number of carbonyl (C=O) groups excluding carboxylic acids is 2. The van der Waals surface area contributed by atoms with Crippen molar-refractivity contribution in [3.63, 3.8) is 0 Å². The van der Waals surface area contributed by atoms with Crippen LogP contribution in [0.1, 0.15) is 36.8 Å². The minimum atomic E-state index is -3.86. The molecule has 0 bridgehead atoms. The maximum atomic E-state index is 14.2. The van der Waals surface area contributed by atoms with Crippen molar-refractivity contribution in [2.24, 2.45) is 0 Å². The van der Waals surface area contributed by atoms with E-state index in [-0.39, 0.29) is 24.9 Å². The van der Waals surface area contributed by atoms with Gasteiger partial charge in [-0.2, -0.15) is 0 Å². The Morgan fingerprint density at radius 3 is 2.22 bits per heavy atom. The van der Waals surface area contributed by atoms with E-state index in [4.69, 9.17) is 23.2 Å². The van der Waals surface area contributed by atoms with E-state index in [1.807, 2.05) is 30.3 Å². The van der Waals surface area contributed by atoms with Crippen LogP contribution in [0.4, 0.5) is 5.69 Å². The van der Waals surface area contributed by atoms with Crippen LogP contribution in [0.15, 0.2) is 77.3 Å². The molecule has 1 N–H and O–H groups in total. The molecule has 3 aromatic rings. The van der Waals surface area contributed by atoms with Gasteiger partial charge in [0.15, 0.2) is 0 Å². The molecule has 0 saturated heterocycles. The number of halogens is 3. The minimum absolute atomic E-state index is 0.0239. The van der Waals surface area contributed by atoms with Gasteiger partial charge in [-0.25, -0.2) is 8.42 Å². The van der Waals surface area contributed by atoms with Crippen molar-refractivity contribution in [1.82, 2.24) is 10.2 Å². The van der Waals surface area contributed by atoms with Gasteiger partial charge in [0.2, 0.25) is 21.8 Å². The molecule has 1 aliphatic rings. The molecule has 1 aliphatic carbocycles. The summed E-state index contributed by atoms with van der Waals surface area (Å²) in [5.41, 5.74) is 1.65. The fourth-order valence-corrected chi connectivity index (χ4v) is 6.77. The highest BCUT2D eigenvalue weighted by molar-refractivity contribution is 9.10. The predicted octanol–water partition coefficient (Wildman–Crippen LogP) is 6.22. The molecule has 0 spiro atoms. The van der Waals surface area contributed by atoms with Crippen molar-refractivity contribution in [2.45, 2.75) is 50.7 Å². The average Bonchev–Trinajstić information content (AvgIpc) is 3.43. The summed E-state index contributed by atoms with van der Waals surface area (Å²) >= 11 is 16.4. The molecule has 0 aliphatic heterocycles. The summed E-state index contributed by atoms with van der Waals surface area (Å²) in [4.78, 5) is 29.5. The second-order valence-corrected chi connectivity index (χ2v) is 13.8. The molecule has 7 nitrogen and oxygen atoms in total. The fraction of sp³-hybridized carbons (Fsp3) is 0.333. The van der Waals surface area contributed by atoms with Crippen LogP contribution in [0, 0.1) is 0 Å². The van der Waals surface area contributed by atoms with Crippen LogP contribution < -0.4 is 9.62 Å². The van der Waals surface area contributed by atoms with E-state index in [0.29, 0.717) is 25.8 Å². The molecule has 2 amide bonds. The lowest BCUT2D eigenvalue weighted by atomic mass is 10.0. The molecule has 11 heteroatoms. The van der Waals surface area contributed by atoms with Crippen molar-refractivity contribution in [3.05, 3.63) is 98.4 Å². The highest BCUT2D eigenvalue weighted by Crippen LogP contribution is 2.29. The number of rotatable bonds is 11. The Hall–Kier alpha value is -2.59. The number of nitrogens with zero attached hydrogens (tertiary/aromatic N) is 2. The highest BCUT2D eigenvalue weighted by Gasteiger charge is 2.35. The predicted molar refractivity (Wildman–Crippen MR) is 168 cm³/mol. The lowest BCUT2D eigenvalue weighted by molar-refractivity contribution is -0.140. The van der Waals surface area contributed by atoms with Crippen LogP contribution in [0.25, 0.3) is 0 Å². The molecule has 1 fully saturated rings. The topological polar surface area (TPSA) is 86.8 Å². The quantitative estimate of drug-likeness (QED) is 0.261. The molecule has 0 aromatic heterocycles. The number of sulfonamides is 1. The molecular formula is C30H32BrCl2N3O4S. The Bertz CT molecular complexity index is 1460. The standard InChI is InChI=1S/C30H32BrCl2N3O4S/c1-41(39,40)36(24-14-7-11-22(31)18-24)20-29(37)35(19-25-26(32)15-8-16-27(25)33)28(17-21-9-3-2-4-10-21)30(38)34-23-12-5-6-13-23/h2-4,7-11,14-16,18,23,28H,5-6,12-13,17,19-20H2,1H3,(H,34,38). The van der Waals surface area contributed by atoms with Crippen LogP contribution in [-0.2, 0) is 32.6 Å². The van der Waals surface area contributed by atoms with E-state index >= 15 is 0 Å². The molecule has 41 heavy (non-hydrogen) atoms. The molecule has 4 rings (SSSR count). The summed E-state index contributed by atoms with van der Waals surface area (Å²) in [7, 11) is -3.86. The van der Waals surface area contributed by atoms with Crippen molar-refractivity contribution in [1.29, 1.82) is 0 Å². The Balaban J connectivity index is 1.76. The van der Waals surface area contributed by atoms with Gasteiger partial charge in [0.1, 0.15) is 12.6 Å². The minimum Gasteiger partial charge on any atom is -0.352 e. The number of amides is 2. The van der Waals surface area contributed by atoms with Crippen molar-refractivity contribution in [2.75, 3.05) is 17.1 Å². The summed E-state index contributed by atoms with van der Waals surface area (Å²) in [5.74, 6) is -0.862. The molecule has 1 saturated carbocycles. The second kappa shape index (κ2) is 14.1. The molecule has 0 heterocycles. The fourth-order valence-electron chi connectivity index (χ4n) is 5.02. The lowest BCUT2D eigenvalue weighted by Crippen LogP contribution is -2.54. The summed E-state index contributed by atoms with van der Waals surface area (Å²) in [6.45, 7) is -0.595. The number of benzene rings is 3. The second-order valence-electron chi connectivity index (χ2n) is 10.2. The Morgan fingerprint density at radius 1 is 0.976 bits per heavy atom. The summed E-state index contributed by atoms with van der Waals surface area (Å²) in [6.07, 6.45) is 5.08. The van der Waals surface area contributed by atoms with E-state index in [2.05, 4.69) is 21.2 Å². The van der Waals surface area contributed by atoms with Crippen LogP contribution in [-0.4, -0.2) is 50.0 Å². The Morgan fingerprint density at radius 2 is 1.61 bits per heavy atom. The van der Waals surface area contributed by atoms with Crippen LogP contribution in [0.5, 0.6) is 0 Å². The maximum Gasteiger partial charge on any atom is 0.244 e. The zero-order valence-corrected chi connectivity index (χ0v) is 26.5. The zero-order chi connectivity index (χ0) is 29.6. The van der Waals surface area contributed by atoms with Gasteiger partial charge in [0, 0.05) is 39.1 Å². The smallest absolute Gasteiger partial charge is 0.244 e. The van der Waals surface area contributed by atoms with Crippen LogP contribution in [0.2, 0.25) is 10.0 Å². The van der Waals surface area contributed by atoms with Gasteiger partial charge in [-0.15, -0.1) is 0 Å². The summed E-state index contributed by atoms with van der Waals surface area (Å²) < 4.78 is 27.5. The van der Waals surface area contributed by atoms with E-state index in [1.54, 1.807) is 42.5 Å².